The van der Waals surface area contributed by atoms with Gasteiger partial charge in [-0.1, -0.05) is 13.0 Å². The predicted octanol–water partition coefficient (Wildman–Crippen LogP) is 2.41. The molecule has 4 nitrogen and oxygen atoms in total. The summed E-state index contributed by atoms with van der Waals surface area (Å²) >= 11 is 2.99. The van der Waals surface area contributed by atoms with Gasteiger partial charge in [-0.25, -0.2) is 9.97 Å². The summed E-state index contributed by atoms with van der Waals surface area (Å²) in [6, 6.07) is 2.07. The molecule has 0 fully saturated rings. The molecule has 2 rings (SSSR count). The highest BCUT2D eigenvalue weighted by Crippen LogP contribution is 2.29. The Bertz CT molecular complexity index is 510. The second kappa shape index (κ2) is 5.57. The lowest BCUT2D eigenvalue weighted by Crippen LogP contribution is -1.98. The van der Waals surface area contributed by atoms with Crippen molar-refractivity contribution in [3.63, 3.8) is 0 Å². The van der Waals surface area contributed by atoms with Gasteiger partial charge in [-0.15, -0.1) is 0 Å². The van der Waals surface area contributed by atoms with Crippen molar-refractivity contribution in [1.82, 2.24) is 14.3 Å². The van der Waals surface area contributed by atoms with Crippen LogP contribution in [0.4, 0.5) is 0 Å². The van der Waals surface area contributed by atoms with Crippen molar-refractivity contribution in [1.29, 1.82) is 0 Å². The predicted molar refractivity (Wildman–Crippen MR) is 70.3 cm³/mol. The molecule has 0 spiro atoms. The number of nitrogens with two attached hydrogens (primary N) is 1. The zero-order valence-corrected chi connectivity index (χ0v) is 11.4. The Kier molecular flexibility index (Phi) is 4.09. The monoisotopic (exact) mass is 266 g/mol. The fourth-order valence-electron chi connectivity index (χ4n) is 1.34. The lowest BCUT2D eigenvalue weighted by molar-refractivity contribution is 0.964. The highest BCUT2D eigenvalue weighted by atomic mass is 32.2. The average molecular weight is 266 g/mol. The maximum absolute atomic E-state index is 5.58. The Morgan fingerprint density at radius 1 is 1.47 bits per heavy atom. The van der Waals surface area contributed by atoms with Crippen LogP contribution in [0.5, 0.6) is 0 Å². The van der Waals surface area contributed by atoms with Gasteiger partial charge in [0.1, 0.15) is 10.9 Å². The summed E-state index contributed by atoms with van der Waals surface area (Å²) in [6.07, 6.45) is 2.69. The molecule has 90 valence electrons. The molecule has 0 saturated heterocycles. The number of hydrogen-bond acceptors (Lipinski definition) is 6. The van der Waals surface area contributed by atoms with Crippen LogP contribution in [0.15, 0.2) is 21.6 Å². The van der Waals surface area contributed by atoms with E-state index in [0.29, 0.717) is 6.54 Å². The number of rotatable bonds is 4. The molecule has 17 heavy (non-hydrogen) atoms. The van der Waals surface area contributed by atoms with Gasteiger partial charge in [-0.05, 0) is 41.3 Å². The number of pyridine rings is 1. The first-order valence-electron chi connectivity index (χ1n) is 5.39. The van der Waals surface area contributed by atoms with Crippen molar-refractivity contribution in [3.05, 3.63) is 29.2 Å². The second-order valence-corrected chi connectivity index (χ2v) is 5.59. The minimum atomic E-state index is 0.525. The lowest BCUT2D eigenvalue weighted by atomic mass is 10.2. The fourth-order valence-corrected chi connectivity index (χ4v) is 2.98. The molecule has 0 aliphatic rings. The molecular weight excluding hydrogens is 252 g/mol. The van der Waals surface area contributed by atoms with Crippen LogP contribution in [0.2, 0.25) is 0 Å². The van der Waals surface area contributed by atoms with Crippen LogP contribution in [0.25, 0.3) is 0 Å². The van der Waals surface area contributed by atoms with Gasteiger partial charge in [-0.2, -0.15) is 4.37 Å². The van der Waals surface area contributed by atoms with Gasteiger partial charge in [-0.3, -0.25) is 0 Å². The molecule has 0 atom stereocenters. The Hall–Kier alpha value is -0.980. The van der Waals surface area contributed by atoms with E-state index in [0.717, 1.165) is 32.7 Å². The van der Waals surface area contributed by atoms with Gasteiger partial charge in [0.25, 0.3) is 0 Å². The molecule has 0 bridgehead atoms. The van der Waals surface area contributed by atoms with Crippen LogP contribution in [-0.2, 0) is 13.0 Å². The molecule has 0 saturated carbocycles. The molecule has 2 heterocycles. The Morgan fingerprint density at radius 2 is 2.29 bits per heavy atom. The molecule has 0 aliphatic heterocycles. The van der Waals surface area contributed by atoms with Gasteiger partial charge in [0.05, 0.1) is 0 Å². The first kappa shape index (κ1) is 12.5. The van der Waals surface area contributed by atoms with E-state index in [2.05, 4.69) is 27.3 Å². The maximum atomic E-state index is 5.58. The first-order valence-corrected chi connectivity index (χ1v) is 6.98. The van der Waals surface area contributed by atoms with E-state index in [-0.39, 0.29) is 0 Å². The highest BCUT2D eigenvalue weighted by molar-refractivity contribution is 8.00. The summed E-state index contributed by atoms with van der Waals surface area (Å²) in [5.41, 5.74) is 7.76. The molecule has 2 aromatic heterocycles. The summed E-state index contributed by atoms with van der Waals surface area (Å²) in [7, 11) is 0. The van der Waals surface area contributed by atoms with Crippen molar-refractivity contribution in [2.24, 2.45) is 5.73 Å². The van der Waals surface area contributed by atoms with Crippen molar-refractivity contribution in [2.45, 2.75) is 36.2 Å². The molecular formula is C11H14N4S2. The number of hydrogen-bond donors (Lipinski definition) is 1. The summed E-state index contributed by atoms with van der Waals surface area (Å²) < 4.78 is 5.20. The van der Waals surface area contributed by atoms with Crippen molar-refractivity contribution >= 4 is 23.3 Å². The third-order valence-electron chi connectivity index (χ3n) is 2.27. The Morgan fingerprint density at radius 3 is 2.88 bits per heavy atom. The smallest absolute Gasteiger partial charge is 0.176 e. The van der Waals surface area contributed by atoms with E-state index in [1.54, 1.807) is 11.8 Å². The van der Waals surface area contributed by atoms with Gasteiger partial charge in [0.2, 0.25) is 0 Å². The van der Waals surface area contributed by atoms with E-state index in [9.17, 15) is 0 Å². The van der Waals surface area contributed by atoms with E-state index in [1.807, 2.05) is 13.1 Å². The third kappa shape index (κ3) is 3.02. The lowest BCUT2D eigenvalue weighted by Gasteiger charge is -2.03. The maximum Gasteiger partial charge on any atom is 0.176 e. The van der Waals surface area contributed by atoms with Crippen LogP contribution >= 0.6 is 23.3 Å². The van der Waals surface area contributed by atoms with Gasteiger partial charge >= 0.3 is 0 Å². The van der Waals surface area contributed by atoms with Gasteiger partial charge in [0, 0.05) is 19.2 Å². The molecule has 0 unspecified atom stereocenters. The molecule has 0 aliphatic carbocycles. The minimum absolute atomic E-state index is 0.525. The van der Waals surface area contributed by atoms with Gasteiger partial charge < -0.3 is 5.73 Å². The Balaban J connectivity index is 2.18. The van der Waals surface area contributed by atoms with Crippen LogP contribution in [0.1, 0.15) is 23.9 Å². The zero-order valence-electron chi connectivity index (χ0n) is 9.80. The molecule has 0 aromatic carbocycles. The van der Waals surface area contributed by atoms with Crippen molar-refractivity contribution in [3.8, 4) is 0 Å². The number of aromatic nitrogens is 3. The highest BCUT2D eigenvalue weighted by Gasteiger charge is 2.08. The molecule has 0 radical (unpaired) electrons. The number of aryl methyl sites for hydroxylation is 2. The molecule has 2 aromatic rings. The van der Waals surface area contributed by atoms with E-state index in [4.69, 9.17) is 5.73 Å². The summed E-state index contributed by atoms with van der Waals surface area (Å²) in [5.74, 6) is 0.897. The molecule has 2 N–H and O–H groups in total. The van der Waals surface area contributed by atoms with Crippen LogP contribution in [0, 0.1) is 6.92 Å². The molecule has 0 amide bonds. The van der Waals surface area contributed by atoms with Gasteiger partial charge in [0.15, 0.2) is 4.34 Å². The summed E-state index contributed by atoms with van der Waals surface area (Å²) in [6.45, 7) is 4.61. The summed E-state index contributed by atoms with van der Waals surface area (Å²) in [4.78, 5) is 8.81. The average Bonchev–Trinajstić information content (AvgIpc) is 2.79. The number of nitrogens with zero attached hydrogens (tertiary/aromatic N) is 3. The van der Waals surface area contributed by atoms with Crippen LogP contribution < -0.4 is 5.73 Å². The first-order chi connectivity index (χ1) is 8.22. The minimum Gasteiger partial charge on any atom is -0.326 e. The Labute approximate surface area is 109 Å². The normalized spacial score (nSPS) is 10.8. The van der Waals surface area contributed by atoms with Crippen molar-refractivity contribution < 1.29 is 0 Å². The third-order valence-corrected chi connectivity index (χ3v) is 4.18. The SMILES string of the molecule is CCc1nsc(Sc2ncc(CN)cc2C)n1. The quantitative estimate of drug-likeness (QED) is 0.920. The van der Waals surface area contributed by atoms with Crippen molar-refractivity contribution in [2.75, 3.05) is 0 Å². The van der Waals surface area contributed by atoms with E-state index >= 15 is 0 Å². The standard InChI is InChI=1S/C11H14N4S2/c1-3-9-14-11(17-15-9)16-10-7(2)4-8(5-12)6-13-10/h4,6H,3,5,12H2,1-2H3. The largest absolute Gasteiger partial charge is 0.326 e. The zero-order chi connectivity index (χ0) is 12.3. The van der Waals surface area contributed by atoms with Crippen LogP contribution in [0.3, 0.4) is 0 Å². The topological polar surface area (TPSA) is 64.7 Å². The molecule has 6 heteroatoms. The second-order valence-electron chi connectivity index (χ2n) is 3.60. The van der Waals surface area contributed by atoms with E-state index in [1.165, 1.54) is 11.5 Å². The van der Waals surface area contributed by atoms with E-state index < -0.39 is 0 Å². The van der Waals surface area contributed by atoms with Crippen LogP contribution in [-0.4, -0.2) is 14.3 Å². The fraction of sp³-hybridized carbons (Fsp3) is 0.364. The summed E-state index contributed by atoms with van der Waals surface area (Å²) in [5, 5.41) is 0.973.